The molecule has 5 nitrogen and oxygen atoms in total. The normalized spacial score (nSPS) is 11.8. The molecule has 1 aromatic heterocycles. The topological polar surface area (TPSA) is 75.1 Å². The molecule has 0 aliphatic heterocycles. The third-order valence-corrected chi connectivity index (χ3v) is 5.49. The number of anilines is 1. The van der Waals surface area contributed by atoms with E-state index in [1.165, 1.54) is 16.5 Å². The van der Waals surface area contributed by atoms with Gasteiger partial charge >= 0.3 is 0 Å². The van der Waals surface area contributed by atoms with Gasteiger partial charge in [-0.05, 0) is 73.0 Å². The van der Waals surface area contributed by atoms with Crippen LogP contribution in [0.5, 0.6) is 0 Å². The Morgan fingerprint density at radius 3 is 2.34 bits per heavy atom. The van der Waals surface area contributed by atoms with E-state index in [1.54, 1.807) is 6.92 Å². The van der Waals surface area contributed by atoms with Gasteiger partial charge in [0.15, 0.2) is 0 Å². The SMILES string of the molecule is CCN(CC)c1ccc2cc(-c3ccc(C(C)=C(C#N)C(N)=O)n3C)ccc2c1. The van der Waals surface area contributed by atoms with E-state index < -0.39 is 5.91 Å². The van der Waals surface area contributed by atoms with E-state index >= 15 is 0 Å². The number of primary amides is 1. The van der Waals surface area contributed by atoms with Crippen LogP contribution in [0.2, 0.25) is 0 Å². The lowest BCUT2D eigenvalue weighted by molar-refractivity contribution is -0.114. The van der Waals surface area contributed by atoms with Crippen molar-refractivity contribution < 1.29 is 4.79 Å². The third kappa shape index (κ3) is 3.74. The van der Waals surface area contributed by atoms with Crippen LogP contribution >= 0.6 is 0 Å². The smallest absolute Gasteiger partial charge is 0.259 e. The van der Waals surface area contributed by atoms with Gasteiger partial charge in [-0.25, -0.2) is 0 Å². The lowest BCUT2D eigenvalue weighted by atomic mass is 10.0. The Kier molecular flexibility index (Phi) is 5.74. The van der Waals surface area contributed by atoms with Crippen LogP contribution in [0.1, 0.15) is 26.5 Å². The molecule has 2 aromatic carbocycles. The summed E-state index contributed by atoms with van der Waals surface area (Å²) in [7, 11) is 1.93. The van der Waals surface area contributed by atoms with Crippen LogP contribution in [-0.2, 0) is 11.8 Å². The molecule has 0 unspecified atom stereocenters. The first-order chi connectivity index (χ1) is 13.9. The minimum absolute atomic E-state index is 0.0137. The van der Waals surface area contributed by atoms with Crippen molar-refractivity contribution >= 4 is 27.9 Å². The Balaban J connectivity index is 2.04. The number of fused-ring (bicyclic) bond motifs is 1. The molecule has 3 aromatic rings. The molecule has 5 heteroatoms. The van der Waals surface area contributed by atoms with Gasteiger partial charge in [0.05, 0.1) is 0 Å². The highest BCUT2D eigenvalue weighted by molar-refractivity contribution is 6.03. The van der Waals surface area contributed by atoms with E-state index in [4.69, 9.17) is 5.73 Å². The molecular weight excluding hydrogens is 360 g/mol. The molecule has 29 heavy (non-hydrogen) atoms. The number of amides is 1. The van der Waals surface area contributed by atoms with Crippen LogP contribution < -0.4 is 10.6 Å². The number of aromatic nitrogens is 1. The molecule has 0 saturated heterocycles. The summed E-state index contributed by atoms with van der Waals surface area (Å²) in [6, 6.07) is 18.8. The number of allylic oxidation sites excluding steroid dienone is 1. The van der Waals surface area contributed by atoms with Crippen LogP contribution in [0.25, 0.3) is 27.6 Å². The predicted molar refractivity (Wildman–Crippen MR) is 119 cm³/mol. The zero-order valence-corrected chi connectivity index (χ0v) is 17.4. The molecule has 1 amide bonds. The summed E-state index contributed by atoms with van der Waals surface area (Å²) in [5, 5.41) is 11.6. The zero-order chi connectivity index (χ0) is 21.1. The Labute approximate surface area is 171 Å². The highest BCUT2D eigenvalue weighted by Gasteiger charge is 2.15. The standard InChI is InChI=1S/C24H26N4O/c1-5-28(6-2)20-10-9-17-13-19(8-7-18(17)14-20)23-12-11-22(27(23)4)16(3)21(15-25)24(26)29/h7-14H,5-6H2,1-4H3,(H2,26,29). The summed E-state index contributed by atoms with van der Waals surface area (Å²) in [4.78, 5) is 13.9. The van der Waals surface area contributed by atoms with Crippen molar-refractivity contribution in [3.63, 3.8) is 0 Å². The summed E-state index contributed by atoms with van der Waals surface area (Å²) in [5.74, 6) is -0.706. The first kappa shape index (κ1) is 20.2. The van der Waals surface area contributed by atoms with Gasteiger partial charge in [0.25, 0.3) is 5.91 Å². The number of nitrogens with zero attached hydrogens (tertiary/aromatic N) is 3. The van der Waals surface area contributed by atoms with Gasteiger partial charge in [-0.15, -0.1) is 0 Å². The maximum Gasteiger partial charge on any atom is 0.259 e. The molecule has 0 aliphatic carbocycles. The monoisotopic (exact) mass is 386 g/mol. The van der Waals surface area contributed by atoms with Crippen molar-refractivity contribution in [1.29, 1.82) is 5.26 Å². The van der Waals surface area contributed by atoms with Crippen LogP contribution in [0.15, 0.2) is 54.1 Å². The van der Waals surface area contributed by atoms with E-state index in [-0.39, 0.29) is 5.57 Å². The van der Waals surface area contributed by atoms with Crippen LogP contribution in [0.3, 0.4) is 0 Å². The van der Waals surface area contributed by atoms with Gasteiger partial charge in [-0.2, -0.15) is 5.26 Å². The second kappa shape index (κ2) is 8.24. The van der Waals surface area contributed by atoms with Crippen LogP contribution in [0.4, 0.5) is 5.69 Å². The lowest BCUT2D eigenvalue weighted by Gasteiger charge is -2.21. The second-order valence-corrected chi connectivity index (χ2v) is 7.06. The van der Waals surface area contributed by atoms with E-state index in [0.717, 1.165) is 30.0 Å². The van der Waals surface area contributed by atoms with Crippen molar-refractivity contribution in [2.45, 2.75) is 20.8 Å². The van der Waals surface area contributed by atoms with E-state index in [9.17, 15) is 10.1 Å². The number of hydrogen-bond donors (Lipinski definition) is 1. The number of rotatable bonds is 6. The van der Waals surface area contributed by atoms with Crippen molar-refractivity contribution in [1.82, 2.24) is 4.57 Å². The van der Waals surface area contributed by atoms with Gasteiger partial charge in [-0.3, -0.25) is 4.79 Å². The van der Waals surface area contributed by atoms with Crippen LogP contribution in [0, 0.1) is 11.3 Å². The van der Waals surface area contributed by atoms with E-state index in [1.807, 2.05) is 29.8 Å². The van der Waals surface area contributed by atoms with Gasteiger partial charge in [0, 0.05) is 37.2 Å². The molecular formula is C24H26N4O. The first-order valence-corrected chi connectivity index (χ1v) is 9.77. The molecule has 148 valence electrons. The van der Waals surface area contributed by atoms with Gasteiger partial charge < -0.3 is 15.2 Å². The number of carbonyl (C=O) groups excluding carboxylic acids is 1. The maximum absolute atomic E-state index is 11.5. The van der Waals surface area contributed by atoms with Gasteiger partial charge in [0.2, 0.25) is 0 Å². The van der Waals surface area contributed by atoms with Crippen molar-refractivity contribution in [3.05, 3.63) is 59.8 Å². The Bertz CT molecular complexity index is 1140. The molecule has 1 heterocycles. The van der Waals surface area contributed by atoms with Crippen molar-refractivity contribution in [2.24, 2.45) is 12.8 Å². The summed E-state index contributed by atoms with van der Waals surface area (Å²) >= 11 is 0. The maximum atomic E-state index is 11.5. The fourth-order valence-corrected chi connectivity index (χ4v) is 3.81. The highest BCUT2D eigenvalue weighted by Crippen LogP contribution is 2.30. The predicted octanol–water partition coefficient (Wildman–Crippen LogP) is 4.47. The molecule has 3 rings (SSSR count). The quantitative estimate of drug-likeness (QED) is 0.501. The van der Waals surface area contributed by atoms with Gasteiger partial charge in [-0.1, -0.05) is 18.2 Å². The first-order valence-electron chi connectivity index (χ1n) is 9.77. The fraction of sp³-hybridized carbons (Fsp3) is 0.250. The molecule has 0 bridgehead atoms. The summed E-state index contributed by atoms with van der Waals surface area (Å²) in [5.41, 5.74) is 10.0. The summed E-state index contributed by atoms with van der Waals surface area (Å²) in [6.07, 6.45) is 0. The van der Waals surface area contributed by atoms with E-state index in [0.29, 0.717) is 5.57 Å². The average Bonchev–Trinajstić information content (AvgIpc) is 3.10. The molecule has 0 atom stereocenters. The Hall–Kier alpha value is -3.52. The second-order valence-electron chi connectivity index (χ2n) is 7.06. The number of nitrogens with two attached hydrogens (primary N) is 1. The van der Waals surface area contributed by atoms with Crippen LogP contribution in [-0.4, -0.2) is 23.6 Å². The number of nitriles is 1. The molecule has 0 aliphatic rings. The fourth-order valence-electron chi connectivity index (χ4n) is 3.81. The van der Waals surface area contributed by atoms with E-state index in [2.05, 4.69) is 55.1 Å². The Morgan fingerprint density at radius 1 is 1.07 bits per heavy atom. The molecule has 0 spiro atoms. The summed E-state index contributed by atoms with van der Waals surface area (Å²) in [6.45, 7) is 8.04. The minimum atomic E-state index is -0.706. The Morgan fingerprint density at radius 2 is 1.72 bits per heavy atom. The zero-order valence-electron chi connectivity index (χ0n) is 17.4. The highest BCUT2D eigenvalue weighted by atomic mass is 16.1. The van der Waals surface area contributed by atoms with Crippen molar-refractivity contribution in [3.8, 4) is 17.3 Å². The third-order valence-electron chi connectivity index (χ3n) is 5.49. The summed E-state index contributed by atoms with van der Waals surface area (Å²) < 4.78 is 1.99. The number of carbonyl (C=O) groups is 1. The number of benzene rings is 2. The van der Waals surface area contributed by atoms with Crippen molar-refractivity contribution in [2.75, 3.05) is 18.0 Å². The largest absolute Gasteiger partial charge is 0.372 e. The van der Waals surface area contributed by atoms with Gasteiger partial charge in [0.1, 0.15) is 11.6 Å². The lowest BCUT2D eigenvalue weighted by Crippen LogP contribution is -2.21. The molecule has 2 N–H and O–H groups in total. The molecule has 0 fully saturated rings. The minimum Gasteiger partial charge on any atom is -0.372 e. The molecule has 0 saturated carbocycles. The molecule has 0 radical (unpaired) electrons. The number of hydrogen-bond acceptors (Lipinski definition) is 3. The average molecular weight is 386 g/mol.